The summed E-state index contributed by atoms with van der Waals surface area (Å²) in [7, 11) is -0.688. The predicted molar refractivity (Wildman–Crippen MR) is 85.0 cm³/mol. The molecule has 0 aromatic heterocycles. The molecular weight excluding hydrogens is 256 g/mol. The van der Waals surface area contributed by atoms with E-state index in [0.717, 1.165) is 32.0 Å². The lowest BCUT2D eigenvalue weighted by molar-refractivity contribution is 0.117. The Morgan fingerprint density at radius 2 is 2.05 bits per heavy atom. The van der Waals surface area contributed by atoms with Crippen molar-refractivity contribution in [2.45, 2.75) is 64.3 Å². The molecule has 19 heavy (non-hydrogen) atoms. The van der Waals surface area contributed by atoms with E-state index >= 15 is 0 Å². The summed E-state index contributed by atoms with van der Waals surface area (Å²) < 4.78 is 11.5. The number of hydrogen-bond donors (Lipinski definition) is 1. The fraction of sp³-hybridized carbons (Fsp3) is 1.00. The van der Waals surface area contributed by atoms with Gasteiger partial charge in [-0.25, -0.2) is 0 Å². The smallest absolute Gasteiger partial charge is 0.0329 e. The molecule has 0 radical (unpaired) electrons. The van der Waals surface area contributed by atoms with Gasteiger partial charge in [-0.05, 0) is 31.7 Å². The van der Waals surface area contributed by atoms with Crippen molar-refractivity contribution in [3.63, 3.8) is 0 Å². The Morgan fingerprint density at radius 1 is 1.37 bits per heavy atom. The van der Waals surface area contributed by atoms with Crippen molar-refractivity contribution in [3.8, 4) is 0 Å². The molecule has 0 amide bonds. The van der Waals surface area contributed by atoms with E-state index in [0.29, 0.717) is 17.3 Å². The third kappa shape index (κ3) is 5.92. The lowest BCUT2D eigenvalue weighted by Gasteiger charge is -2.41. The van der Waals surface area contributed by atoms with E-state index < -0.39 is 10.8 Å². The molecule has 1 aliphatic rings. The molecule has 0 aromatic carbocycles. The third-order valence-electron chi connectivity index (χ3n) is 4.23. The van der Waals surface area contributed by atoms with Gasteiger partial charge in [0.2, 0.25) is 0 Å². The van der Waals surface area contributed by atoms with Crippen LogP contribution < -0.4 is 5.32 Å². The van der Waals surface area contributed by atoms with Crippen LogP contribution in [-0.2, 0) is 10.8 Å². The molecular formula is C15H32N2OS. The van der Waals surface area contributed by atoms with Gasteiger partial charge in [0.15, 0.2) is 0 Å². The highest BCUT2D eigenvalue weighted by molar-refractivity contribution is 7.84. The maximum Gasteiger partial charge on any atom is 0.0329 e. The van der Waals surface area contributed by atoms with Crippen molar-refractivity contribution in [2.75, 3.05) is 25.9 Å². The first kappa shape index (κ1) is 17.1. The maximum atomic E-state index is 11.5. The second-order valence-corrected chi connectivity index (χ2v) is 8.19. The molecule has 1 fully saturated rings. The molecule has 1 rings (SSSR count). The number of nitrogens with zero attached hydrogens (tertiary/aromatic N) is 1. The number of hydrogen-bond acceptors (Lipinski definition) is 3. The predicted octanol–water partition coefficient (Wildman–Crippen LogP) is 2.24. The topological polar surface area (TPSA) is 32.3 Å². The molecule has 1 aliphatic heterocycles. The molecule has 114 valence electrons. The minimum Gasteiger partial charge on any atom is -0.311 e. The lowest BCUT2D eigenvalue weighted by Crippen LogP contribution is -2.56. The van der Waals surface area contributed by atoms with Crippen LogP contribution in [0.1, 0.15) is 47.0 Å². The monoisotopic (exact) mass is 288 g/mol. The molecule has 4 unspecified atom stereocenters. The molecule has 0 aromatic rings. The first-order valence-electron chi connectivity index (χ1n) is 7.73. The summed E-state index contributed by atoms with van der Waals surface area (Å²) in [6, 6.07) is 1.28. The molecule has 4 atom stereocenters. The number of piperazine rings is 1. The highest BCUT2D eigenvalue weighted by atomic mass is 32.2. The lowest BCUT2D eigenvalue weighted by atomic mass is 9.98. The van der Waals surface area contributed by atoms with Crippen molar-refractivity contribution < 1.29 is 4.21 Å². The van der Waals surface area contributed by atoms with E-state index in [9.17, 15) is 4.21 Å². The Hall–Kier alpha value is 0.0700. The average molecular weight is 289 g/mol. The van der Waals surface area contributed by atoms with Crippen molar-refractivity contribution in [3.05, 3.63) is 0 Å². The summed E-state index contributed by atoms with van der Waals surface area (Å²) in [4.78, 5) is 2.62. The van der Waals surface area contributed by atoms with E-state index in [4.69, 9.17) is 0 Å². The quantitative estimate of drug-likeness (QED) is 0.780. The van der Waals surface area contributed by atoms with Crippen LogP contribution in [0.25, 0.3) is 0 Å². The summed E-state index contributed by atoms with van der Waals surface area (Å²) in [6.45, 7) is 12.3. The van der Waals surface area contributed by atoms with Crippen LogP contribution in [0.5, 0.6) is 0 Å². The third-order valence-corrected chi connectivity index (χ3v) is 5.60. The Kier molecular flexibility index (Phi) is 7.55. The Labute approximate surface area is 122 Å². The van der Waals surface area contributed by atoms with E-state index in [1.54, 1.807) is 0 Å². The Bertz CT molecular complexity index is 283. The second-order valence-electron chi connectivity index (χ2n) is 6.39. The molecule has 0 spiro atoms. The van der Waals surface area contributed by atoms with E-state index in [1.807, 2.05) is 6.26 Å². The van der Waals surface area contributed by atoms with Crippen LogP contribution >= 0.6 is 0 Å². The van der Waals surface area contributed by atoms with Crippen LogP contribution in [0, 0.1) is 5.92 Å². The average Bonchev–Trinajstić information content (AvgIpc) is 2.35. The molecule has 0 saturated carbocycles. The molecule has 1 N–H and O–H groups in total. The standard InChI is InChI=1S/C15H32N2OS/c1-6-15-10-16-14(9-12(2)3)11-17(15)8-7-13(4)19(5)18/h12-16H,6-11H2,1-5H3. The van der Waals surface area contributed by atoms with Crippen LogP contribution in [0.4, 0.5) is 0 Å². The van der Waals surface area contributed by atoms with E-state index in [1.165, 1.54) is 12.8 Å². The van der Waals surface area contributed by atoms with Gasteiger partial charge in [-0.1, -0.05) is 27.7 Å². The fourth-order valence-electron chi connectivity index (χ4n) is 2.85. The molecule has 4 heteroatoms. The second kappa shape index (κ2) is 8.38. The fourth-order valence-corrected chi connectivity index (χ4v) is 3.28. The highest BCUT2D eigenvalue weighted by Crippen LogP contribution is 2.16. The maximum absolute atomic E-state index is 11.5. The van der Waals surface area contributed by atoms with Gasteiger partial charge in [0.25, 0.3) is 0 Å². The van der Waals surface area contributed by atoms with Gasteiger partial charge < -0.3 is 5.32 Å². The van der Waals surface area contributed by atoms with Gasteiger partial charge in [0.05, 0.1) is 0 Å². The number of rotatable bonds is 7. The summed E-state index contributed by atoms with van der Waals surface area (Å²) in [5.74, 6) is 0.750. The minimum absolute atomic E-state index is 0.316. The first-order chi connectivity index (χ1) is 8.93. The van der Waals surface area contributed by atoms with Crippen molar-refractivity contribution in [1.82, 2.24) is 10.2 Å². The SMILES string of the molecule is CCC1CNC(CC(C)C)CN1CCC(C)S(C)=O. The number of nitrogens with one attached hydrogen (secondary N) is 1. The summed E-state index contributed by atoms with van der Waals surface area (Å²) in [5.41, 5.74) is 0. The van der Waals surface area contributed by atoms with Gasteiger partial charge >= 0.3 is 0 Å². The van der Waals surface area contributed by atoms with Gasteiger partial charge in [-0.2, -0.15) is 0 Å². The van der Waals surface area contributed by atoms with Gasteiger partial charge in [0.1, 0.15) is 0 Å². The first-order valence-corrected chi connectivity index (χ1v) is 9.35. The van der Waals surface area contributed by atoms with Crippen molar-refractivity contribution >= 4 is 10.8 Å². The van der Waals surface area contributed by atoms with Crippen molar-refractivity contribution in [2.24, 2.45) is 5.92 Å². The zero-order chi connectivity index (χ0) is 14.4. The minimum atomic E-state index is -0.688. The van der Waals surface area contributed by atoms with Crippen LogP contribution in [0.3, 0.4) is 0 Å². The largest absolute Gasteiger partial charge is 0.311 e. The molecule has 1 saturated heterocycles. The van der Waals surface area contributed by atoms with E-state index in [-0.39, 0.29) is 0 Å². The van der Waals surface area contributed by atoms with Crippen LogP contribution in [0.15, 0.2) is 0 Å². The van der Waals surface area contributed by atoms with Gasteiger partial charge in [0, 0.05) is 47.5 Å². The van der Waals surface area contributed by atoms with Gasteiger partial charge in [-0.3, -0.25) is 9.11 Å². The molecule has 3 nitrogen and oxygen atoms in total. The summed E-state index contributed by atoms with van der Waals surface area (Å²) >= 11 is 0. The Morgan fingerprint density at radius 3 is 2.58 bits per heavy atom. The zero-order valence-corrected chi connectivity index (χ0v) is 14.1. The zero-order valence-electron chi connectivity index (χ0n) is 13.3. The summed E-state index contributed by atoms with van der Waals surface area (Å²) in [6.07, 6.45) is 5.32. The molecule has 1 heterocycles. The summed E-state index contributed by atoms with van der Waals surface area (Å²) in [5, 5.41) is 4.01. The Balaban J connectivity index is 2.47. The highest BCUT2D eigenvalue weighted by Gasteiger charge is 2.27. The molecule has 0 bridgehead atoms. The van der Waals surface area contributed by atoms with Crippen LogP contribution in [-0.4, -0.2) is 52.3 Å². The van der Waals surface area contributed by atoms with E-state index in [2.05, 4.69) is 37.9 Å². The normalized spacial score (nSPS) is 28.5. The van der Waals surface area contributed by atoms with Gasteiger partial charge in [-0.15, -0.1) is 0 Å². The van der Waals surface area contributed by atoms with Crippen molar-refractivity contribution in [1.29, 1.82) is 0 Å². The van der Waals surface area contributed by atoms with Crippen LogP contribution in [0.2, 0.25) is 0 Å². The molecule has 0 aliphatic carbocycles.